The monoisotopic (exact) mass is 356 g/mol. The van der Waals surface area contributed by atoms with Crippen molar-refractivity contribution in [3.63, 3.8) is 0 Å². The van der Waals surface area contributed by atoms with E-state index in [9.17, 15) is 0 Å². The normalized spacial score (nSPS) is 11.8. The van der Waals surface area contributed by atoms with Crippen molar-refractivity contribution in [2.45, 2.75) is 30.4 Å². The fourth-order valence-electron chi connectivity index (χ4n) is 1.32. The summed E-state index contributed by atoms with van der Waals surface area (Å²) in [5.41, 5.74) is 1.33. The van der Waals surface area contributed by atoms with Crippen LogP contribution in [-0.2, 0) is 5.33 Å². The van der Waals surface area contributed by atoms with Crippen LogP contribution in [0.2, 0.25) is 0 Å². The average molecular weight is 358 g/mol. The van der Waals surface area contributed by atoms with Crippen molar-refractivity contribution < 1.29 is 0 Å². The Morgan fingerprint density at radius 3 is 2.18 bits per heavy atom. The lowest BCUT2D eigenvalue weighted by Crippen LogP contribution is -1.80. The summed E-state index contributed by atoms with van der Waals surface area (Å²) in [4.78, 5) is 0.697. The third-order valence-corrected chi connectivity index (χ3v) is 3.83. The topological polar surface area (TPSA) is 0 Å². The van der Waals surface area contributed by atoms with Crippen LogP contribution in [0.15, 0.2) is 42.5 Å². The predicted octanol–water partition coefficient (Wildman–Crippen LogP) is 5.91. The molecule has 0 N–H and O–H groups in total. The third-order valence-electron chi connectivity index (χ3n) is 2.53. The van der Waals surface area contributed by atoms with E-state index < -0.39 is 0 Å². The molecule has 0 aliphatic carbocycles. The van der Waals surface area contributed by atoms with Crippen LogP contribution in [0.3, 0.4) is 0 Å². The second kappa shape index (κ2) is 7.88. The molecule has 2 rings (SSSR count). The first-order valence-corrected chi connectivity index (χ1v) is 7.88. The second-order valence-electron chi connectivity index (χ2n) is 4.00. The van der Waals surface area contributed by atoms with E-state index in [0.29, 0.717) is 4.83 Å². The minimum Gasteiger partial charge on any atom is -0.0894 e. The molecule has 0 fully saturated rings. The van der Waals surface area contributed by atoms with Gasteiger partial charge in [0, 0.05) is 10.2 Å². The number of benzene rings is 2. The zero-order valence-electron chi connectivity index (χ0n) is 10.3. The number of rotatable bonds is 2. The van der Waals surface area contributed by atoms with Crippen molar-refractivity contribution in [2.75, 3.05) is 0 Å². The zero-order valence-corrected chi connectivity index (χ0v) is 13.5. The molecule has 0 saturated carbocycles. The maximum Gasteiger partial charge on any atom is 0.0283 e. The Hall–Kier alpha value is -0.340. The largest absolute Gasteiger partial charge is 0.0894 e. The first-order chi connectivity index (χ1) is 8.17. The van der Waals surface area contributed by atoms with Crippen molar-refractivity contribution >= 4 is 42.6 Å². The molecule has 0 aliphatic heterocycles. The zero-order chi connectivity index (χ0) is 12.7. The van der Waals surface area contributed by atoms with Crippen LogP contribution in [-0.4, -0.2) is 4.83 Å². The molecule has 17 heavy (non-hydrogen) atoms. The summed E-state index contributed by atoms with van der Waals surface area (Å²) in [6.45, 7) is 4.29. The van der Waals surface area contributed by atoms with Crippen LogP contribution < -0.4 is 0 Å². The third kappa shape index (κ3) is 5.22. The molecule has 0 spiro atoms. The summed E-state index contributed by atoms with van der Waals surface area (Å²) < 4.78 is 0. The first kappa shape index (κ1) is 14.7. The molecule has 0 aliphatic rings. The molecule has 0 amide bonds. The molecular formula is C15H18Br2. The van der Waals surface area contributed by atoms with Gasteiger partial charge in [0.25, 0.3) is 0 Å². The van der Waals surface area contributed by atoms with E-state index in [1.807, 2.05) is 0 Å². The van der Waals surface area contributed by atoms with E-state index in [0.717, 1.165) is 5.33 Å². The van der Waals surface area contributed by atoms with Crippen molar-refractivity contribution in [3.05, 3.63) is 48.0 Å². The number of fused-ring (bicyclic) bond motifs is 1. The van der Waals surface area contributed by atoms with Crippen LogP contribution in [0.5, 0.6) is 0 Å². The smallest absolute Gasteiger partial charge is 0.0283 e. The Balaban J connectivity index is 0.000000249. The molecule has 0 nitrogen and oxygen atoms in total. The van der Waals surface area contributed by atoms with Crippen LogP contribution in [0.4, 0.5) is 0 Å². The van der Waals surface area contributed by atoms with Crippen molar-refractivity contribution in [1.82, 2.24) is 0 Å². The molecule has 0 aromatic heterocycles. The Morgan fingerprint density at radius 1 is 1.06 bits per heavy atom. The highest BCUT2D eigenvalue weighted by Crippen LogP contribution is 2.16. The molecule has 92 valence electrons. The fourth-order valence-corrected chi connectivity index (χ4v) is 1.67. The number of hydrogen-bond donors (Lipinski definition) is 0. The number of hydrogen-bond acceptors (Lipinski definition) is 0. The van der Waals surface area contributed by atoms with Gasteiger partial charge in [0.05, 0.1) is 0 Å². The number of halogens is 2. The lowest BCUT2D eigenvalue weighted by atomic mass is 10.1. The molecule has 2 aromatic rings. The SMILES string of the molecule is BrCc1ccc2ccccc2c1.CCC(C)Br. The Bertz CT molecular complexity index is 449. The standard InChI is InChI=1S/C11H9Br.C4H9Br/c12-8-9-5-6-10-3-1-2-4-11(10)7-9;1-3-4(2)5/h1-7H,8H2;4H,3H2,1-2H3. The van der Waals surface area contributed by atoms with Crippen LogP contribution in [0.25, 0.3) is 10.8 Å². The fraction of sp³-hybridized carbons (Fsp3) is 0.333. The minimum absolute atomic E-state index is 0.697. The average Bonchev–Trinajstić information content (AvgIpc) is 2.38. The van der Waals surface area contributed by atoms with Crippen LogP contribution >= 0.6 is 31.9 Å². The van der Waals surface area contributed by atoms with Crippen LogP contribution in [0, 0.1) is 0 Å². The van der Waals surface area contributed by atoms with Gasteiger partial charge in [0.2, 0.25) is 0 Å². The van der Waals surface area contributed by atoms with Gasteiger partial charge >= 0.3 is 0 Å². The maximum atomic E-state index is 3.44. The van der Waals surface area contributed by atoms with E-state index >= 15 is 0 Å². The highest BCUT2D eigenvalue weighted by Gasteiger charge is 1.92. The highest BCUT2D eigenvalue weighted by atomic mass is 79.9. The molecule has 2 heteroatoms. The molecule has 1 atom stereocenters. The Morgan fingerprint density at radius 2 is 1.65 bits per heavy atom. The molecule has 2 aromatic carbocycles. The van der Waals surface area contributed by atoms with E-state index in [2.05, 4.69) is 88.2 Å². The van der Waals surface area contributed by atoms with E-state index in [4.69, 9.17) is 0 Å². The van der Waals surface area contributed by atoms with Crippen molar-refractivity contribution in [1.29, 1.82) is 0 Å². The van der Waals surface area contributed by atoms with Crippen molar-refractivity contribution in [2.24, 2.45) is 0 Å². The van der Waals surface area contributed by atoms with Gasteiger partial charge < -0.3 is 0 Å². The highest BCUT2D eigenvalue weighted by molar-refractivity contribution is 9.09. The van der Waals surface area contributed by atoms with Gasteiger partial charge in [0.1, 0.15) is 0 Å². The van der Waals surface area contributed by atoms with Gasteiger partial charge in [-0.05, 0) is 22.8 Å². The summed E-state index contributed by atoms with van der Waals surface area (Å²) in [7, 11) is 0. The van der Waals surface area contributed by atoms with Gasteiger partial charge in [-0.15, -0.1) is 0 Å². The summed E-state index contributed by atoms with van der Waals surface area (Å²) in [5, 5.41) is 3.55. The summed E-state index contributed by atoms with van der Waals surface area (Å²) in [6, 6.07) is 14.9. The molecule has 1 unspecified atom stereocenters. The van der Waals surface area contributed by atoms with Gasteiger partial charge in [0.15, 0.2) is 0 Å². The van der Waals surface area contributed by atoms with E-state index in [-0.39, 0.29) is 0 Å². The molecule has 0 radical (unpaired) electrons. The quantitative estimate of drug-likeness (QED) is 0.585. The van der Waals surface area contributed by atoms with Gasteiger partial charge in [-0.3, -0.25) is 0 Å². The van der Waals surface area contributed by atoms with Crippen molar-refractivity contribution in [3.8, 4) is 0 Å². The van der Waals surface area contributed by atoms with Gasteiger partial charge in [-0.2, -0.15) is 0 Å². The molecular weight excluding hydrogens is 340 g/mol. The van der Waals surface area contributed by atoms with E-state index in [1.54, 1.807) is 0 Å². The summed E-state index contributed by atoms with van der Waals surface area (Å²) in [5.74, 6) is 0. The van der Waals surface area contributed by atoms with Gasteiger partial charge in [-0.25, -0.2) is 0 Å². The van der Waals surface area contributed by atoms with E-state index in [1.165, 1.54) is 22.8 Å². The second-order valence-corrected chi connectivity index (χ2v) is 6.13. The Kier molecular flexibility index (Phi) is 6.83. The summed E-state index contributed by atoms with van der Waals surface area (Å²) in [6.07, 6.45) is 1.22. The van der Waals surface area contributed by atoms with Crippen LogP contribution in [0.1, 0.15) is 25.8 Å². The molecule has 0 saturated heterocycles. The maximum absolute atomic E-state index is 3.44. The lowest BCUT2D eigenvalue weighted by molar-refractivity contribution is 0.922. The number of alkyl halides is 2. The Labute approximate surface area is 121 Å². The minimum atomic E-state index is 0.697. The predicted molar refractivity (Wildman–Crippen MR) is 85.3 cm³/mol. The summed E-state index contributed by atoms with van der Waals surface area (Å²) >= 11 is 6.82. The molecule has 0 bridgehead atoms. The lowest BCUT2D eigenvalue weighted by Gasteiger charge is -1.98. The van der Waals surface area contributed by atoms with Gasteiger partial charge in [-0.1, -0.05) is 88.2 Å². The molecule has 0 heterocycles. The first-order valence-electron chi connectivity index (χ1n) is 5.85.